The maximum absolute atomic E-state index is 14.1. The first-order valence-corrected chi connectivity index (χ1v) is 11.6. The summed E-state index contributed by atoms with van der Waals surface area (Å²) in [5.41, 5.74) is 0.153. The summed E-state index contributed by atoms with van der Waals surface area (Å²) in [6.07, 6.45) is -4.22. The fourth-order valence-electron chi connectivity index (χ4n) is 4.77. The zero-order chi connectivity index (χ0) is 25.2. The van der Waals surface area contributed by atoms with E-state index >= 15 is 0 Å². The molecule has 0 bridgehead atoms. The molecule has 5 rings (SSSR count). The van der Waals surface area contributed by atoms with Crippen LogP contribution in [0.25, 0.3) is 0 Å². The minimum absolute atomic E-state index is 0.0656. The van der Waals surface area contributed by atoms with Crippen molar-refractivity contribution in [1.82, 2.24) is 4.90 Å². The molecule has 3 unspecified atom stereocenters. The Bertz CT molecular complexity index is 1260. The number of amides is 1. The number of likely N-dealkylation sites (tertiary alicyclic amines) is 1. The summed E-state index contributed by atoms with van der Waals surface area (Å²) in [5.74, 6) is -4.42. The fraction of sp³-hybridized carbons (Fsp3) is 0.364. The number of ether oxygens (including phenoxy) is 1. The number of alkyl halides is 3. The number of nitrogens with zero attached hydrogens (tertiary/aromatic N) is 2. The number of rotatable bonds is 5. The average molecular weight is 514 g/mol. The molecule has 0 radical (unpaired) electrons. The van der Waals surface area contributed by atoms with Crippen LogP contribution in [0, 0.1) is 11.7 Å². The molecule has 3 atom stereocenters. The van der Waals surface area contributed by atoms with Crippen LogP contribution in [0.3, 0.4) is 0 Å². The zero-order valence-electron chi connectivity index (χ0n) is 17.8. The molecule has 2 heterocycles. The van der Waals surface area contributed by atoms with Crippen LogP contribution in [0.4, 0.5) is 28.9 Å². The van der Waals surface area contributed by atoms with Gasteiger partial charge in [0.15, 0.2) is 0 Å². The van der Waals surface area contributed by atoms with E-state index in [1.807, 2.05) is 0 Å². The van der Waals surface area contributed by atoms with Crippen LogP contribution in [-0.4, -0.2) is 56.5 Å². The smallest absolute Gasteiger partial charge is 0.471 e. The van der Waals surface area contributed by atoms with Gasteiger partial charge >= 0.3 is 18.1 Å². The lowest BCUT2D eigenvalue weighted by atomic mass is 9.89. The third-order valence-corrected chi connectivity index (χ3v) is 7.28. The van der Waals surface area contributed by atoms with Crippen molar-refractivity contribution in [3.05, 3.63) is 52.8 Å². The molecule has 2 aromatic carbocycles. The van der Waals surface area contributed by atoms with Crippen molar-refractivity contribution in [3.63, 3.8) is 0 Å². The molecule has 186 valence electrons. The third-order valence-electron chi connectivity index (χ3n) is 6.58. The van der Waals surface area contributed by atoms with E-state index in [0.29, 0.717) is 23.0 Å². The number of aromatic carboxylic acids is 1. The van der Waals surface area contributed by atoms with E-state index in [9.17, 15) is 41.0 Å². The molecule has 3 aliphatic rings. The molecular weight excluding hydrogens is 496 g/mol. The highest BCUT2D eigenvalue weighted by molar-refractivity contribution is 7.81. The summed E-state index contributed by atoms with van der Waals surface area (Å²) in [7, 11) is 0. The van der Waals surface area contributed by atoms with Crippen molar-refractivity contribution >= 4 is 34.5 Å². The molecule has 8 nitrogen and oxygen atoms in total. The molecule has 0 aromatic heterocycles. The number of carbonyl (C=O) groups excluding carboxylic acids is 1. The van der Waals surface area contributed by atoms with Gasteiger partial charge in [-0.15, -0.1) is 0 Å². The molecule has 2 fully saturated rings. The number of carboxylic acids is 1. The summed E-state index contributed by atoms with van der Waals surface area (Å²) in [5, 5.41) is 9.95. The molecular formula is C22H18F4N2O6S. The lowest BCUT2D eigenvalue weighted by molar-refractivity contribution is -0.189. The summed E-state index contributed by atoms with van der Waals surface area (Å²) in [4.78, 5) is 24.2. The van der Waals surface area contributed by atoms with Gasteiger partial charge < -0.3 is 14.7 Å². The van der Waals surface area contributed by atoms with Crippen LogP contribution < -0.4 is 9.04 Å². The maximum atomic E-state index is 14.1. The number of anilines is 2. The van der Waals surface area contributed by atoms with Crippen LogP contribution in [0.15, 0.2) is 30.3 Å². The number of halogens is 4. The van der Waals surface area contributed by atoms with E-state index in [-0.39, 0.29) is 47.3 Å². The van der Waals surface area contributed by atoms with Gasteiger partial charge in [0.2, 0.25) is 0 Å². The monoisotopic (exact) mass is 514 g/mol. The number of carbonyl (C=O) groups is 2. The standard InChI is InChI=1S/C22H18F4N2O6S/c23-12-1-3-16(15(6-12)11-7-27(8-11)21(31)22(24,25)26)28(35(32)33)17-4-2-13-14-5-10(14)9-34-19(13)18(17)20(29)30/h1-4,6,10-11,14H,5,7-9H2,(H,29,30)(H,32,33). The Morgan fingerprint density at radius 1 is 1.11 bits per heavy atom. The Morgan fingerprint density at radius 3 is 2.43 bits per heavy atom. The van der Waals surface area contributed by atoms with E-state index in [4.69, 9.17) is 4.74 Å². The average Bonchev–Trinajstić information content (AvgIpc) is 3.53. The number of fused-ring (bicyclic) bond motifs is 3. The van der Waals surface area contributed by atoms with Crippen molar-refractivity contribution in [2.75, 3.05) is 24.0 Å². The second-order valence-corrected chi connectivity index (χ2v) is 9.56. The normalized spacial score (nSPS) is 21.8. The maximum Gasteiger partial charge on any atom is 0.471 e. The Hall–Kier alpha value is -3.19. The number of hydrogen-bond acceptors (Lipinski definition) is 4. The predicted molar refractivity (Wildman–Crippen MR) is 114 cm³/mol. The van der Waals surface area contributed by atoms with Gasteiger partial charge in [-0.25, -0.2) is 17.7 Å². The first-order valence-electron chi connectivity index (χ1n) is 10.6. The third kappa shape index (κ3) is 4.01. The Labute approximate surface area is 198 Å². The van der Waals surface area contributed by atoms with Gasteiger partial charge in [0.1, 0.15) is 17.1 Å². The highest BCUT2D eigenvalue weighted by Gasteiger charge is 2.48. The van der Waals surface area contributed by atoms with E-state index < -0.39 is 41.1 Å². The van der Waals surface area contributed by atoms with Crippen molar-refractivity contribution in [2.24, 2.45) is 5.92 Å². The molecule has 1 saturated carbocycles. The fourth-order valence-corrected chi connectivity index (χ4v) is 5.43. The first-order chi connectivity index (χ1) is 16.5. The van der Waals surface area contributed by atoms with Gasteiger partial charge in [-0.05, 0) is 47.7 Å². The zero-order valence-corrected chi connectivity index (χ0v) is 18.6. The van der Waals surface area contributed by atoms with E-state index in [1.165, 1.54) is 6.07 Å². The molecule has 2 aliphatic heterocycles. The molecule has 1 amide bonds. The van der Waals surface area contributed by atoms with Crippen molar-refractivity contribution in [1.29, 1.82) is 0 Å². The second-order valence-electron chi connectivity index (χ2n) is 8.73. The van der Waals surface area contributed by atoms with Crippen molar-refractivity contribution in [2.45, 2.75) is 24.4 Å². The van der Waals surface area contributed by atoms with Crippen molar-refractivity contribution < 1.29 is 45.8 Å². The first kappa shape index (κ1) is 23.5. The second kappa shape index (κ2) is 8.19. The van der Waals surface area contributed by atoms with Gasteiger partial charge in [-0.3, -0.25) is 9.35 Å². The summed E-state index contributed by atoms with van der Waals surface area (Å²) < 4.78 is 81.4. The Kier molecular flexibility index (Phi) is 5.51. The summed E-state index contributed by atoms with van der Waals surface area (Å²) >= 11 is -2.84. The van der Waals surface area contributed by atoms with Gasteiger partial charge in [-0.2, -0.15) is 13.2 Å². The van der Waals surface area contributed by atoms with Crippen LogP contribution in [0.2, 0.25) is 0 Å². The highest BCUT2D eigenvalue weighted by Crippen LogP contribution is 2.56. The van der Waals surface area contributed by atoms with Crippen LogP contribution >= 0.6 is 0 Å². The largest absolute Gasteiger partial charge is 0.492 e. The lowest BCUT2D eigenvalue weighted by Gasteiger charge is -2.41. The molecule has 35 heavy (non-hydrogen) atoms. The van der Waals surface area contributed by atoms with Crippen LogP contribution in [0.1, 0.15) is 39.7 Å². The molecule has 13 heteroatoms. The summed E-state index contributed by atoms with van der Waals surface area (Å²) in [6.45, 7) is -0.456. The minimum atomic E-state index is -5.06. The number of carboxylic acid groups (broad SMARTS) is 1. The SMILES string of the molecule is O=C(O)c1c(N(c2ccc(F)cc2C2CN(C(=O)C(F)(F)F)C2)S(=O)O)ccc2c1OCC1CC21. The van der Waals surface area contributed by atoms with E-state index in [0.717, 1.165) is 28.9 Å². The van der Waals surface area contributed by atoms with Gasteiger partial charge in [-0.1, -0.05) is 6.07 Å². The number of hydrogen-bond donors (Lipinski definition) is 2. The Balaban J connectivity index is 1.56. The summed E-state index contributed by atoms with van der Waals surface area (Å²) in [6, 6.07) is 6.13. The molecule has 1 saturated heterocycles. The minimum Gasteiger partial charge on any atom is -0.492 e. The van der Waals surface area contributed by atoms with Gasteiger partial charge in [0.05, 0.1) is 18.0 Å². The van der Waals surface area contributed by atoms with E-state index in [2.05, 4.69) is 0 Å². The molecule has 2 N–H and O–H groups in total. The Morgan fingerprint density at radius 2 is 1.80 bits per heavy atom. The molecule has 2 aromatic rings. The van der Waals surface area contributed by atoms with Gasteiger partial charge in [0, 0.05) is 24.9 Å². The van der Waals surface area contributed by atoms with Crippen LogP contribution in [-0.2, 0) is 16.1 Å². The van der Waals surface area contributed by atoms with Gasteiger partial charge in [0.25, 0.3) is 11.3 Å². The number of benzene rings is 2. The quantitative estimate of drug-likeness (QED) is 0.465. The topological polar surface area (TPSA) is 107 Å². The highest BCUT2D eigenvalue weighted by atomic mass is 32.2. The van der Waals surface area contributed by atoms with Crippen LogP contribution in [0.5, 0.6) is 5.75 Å². The lowest BCUT2D eigenvalue weighted by Crippen LogP contribution is -2.53. The van der Waals surface area contributed by atoms with Crippen molar-refractivity contribution in [3.8, 4) is 5.75 Å². The van der Waals surface area contributed by atoms with E-state index in [1.54, 1.807) is 6.07 Å². The molecule has 0 spiro atoms. The predicted octanol–water partition coefficient (Wildman–Crippen LogP) is 3.78. The molecule has 1 aliphatic carbocycles.